The van der Waals surface area contributed by atoms with Gasteiger partial charge in [0.25, 0.3) is 5.91 Å². The minimum atomic E-state index is -4.51. The van der Waals surface area contributed by atoms with Gasteiger partial charge in [-0.3, -0.25) is 4.79 Å². The highest BCUT2D eigenvalue weighted by molar-refractivity contribution is 6.35. The minimum absolute atomic E-state index is 0.124. The molecule has 2 aromatic rings. The van der Waals surface area contributed by atoms with Gasteiger partial charge in [0, 0.05) is 10.6 Å². The van der Waals surface area contributed by atoms with Gasteiger partial charge in [-0.05, 0) is 36.4 Å². The van der Waals surface area contributed by atoms with Crippen LogP contribution in [-0.4, -0.2) is 5.91 Å². The maximum atomic E-state index is 12.6. The van der Waals surface area contributed by atoms with Crippen LogP contribution in [0.3, 0.4) is 0 Å². The van der Waals surface area contributed by atoms with Crippen LogP contribution in [0.4, 0.5) is 18.9 Å². The lowest BCUT2D eigenvalue weighted by Gasteiger charge is -2.10. The van der Waals surface area contributed by atoms with E-state index in [1.165, 1.54) is 24.3 Å². The third kappa shape index (κ3) is 3.89. The van der Waals surface area contributed by atoms with Gasteiger partial charge in [-0.25, -0.2) is 0 Å². The van der Waals surface area contributed by atoms with E-state index in [2.05, 4.69) is 5.32 Å². The van der Waals surface area contributed by atoms with E-state index in [0.717, 1.165) is 18.2 Å². The number of hydrogen-bond acceptors (Lipinski definition) is 1. The van der Waals surface area contributed by atoms with Gasteiger partial charge < -0.3 is 5.32 Å². The second-order valence-corrected chi connectivity index (χ2v) is 5.00. The molecular formula is C14H8Cl2F3NO. The van der Waals surface area contributed by atoms with Gasteiger partial charge >= 0.3 is 6.18 Å². The molecule has 0 heterocycles. The smallest absolute Gasteiger partial charge is 0.321 e. The number of benzene rings is 2. The second-order valence-electron chi connectivity index (χ2n) is 4.16. The second kappa shape index (κ2) is 5.95. The molecule has 2 aromatic carbocycles. The number of halogens is 5. The fourth-order valence-electron chi connectivity index (χ4n) is 1.62. The van der Waals surface area contributed by atoms with Crippen LogP contribution in [0.2, 0.25) is 10.0 Å². The molecule has 0 bridgehead atoms. The lowest BCUT2D eigenvalue weighted by atomic mass is 10.1. The van der Waals surface area contributed by atoms with E-state index in [0.29, 0.717) is 5.02 Å². The third-order valence-corrected chi connectivity index (χ3v) is 3.19. The Morgan fingerprint density at radius 3 is 2.43 bits per heavy atom. The number of anilines is 1. The van der Waals surface area contributed by atoms with Crippen molar-refractivity contribution in [1.29, 1.82) is 0 Å². The molecule has 0 atom stereocenters. The SMILES string of the molecule is O=C(Nc1cc(Cl)ccc1Cl)c1cccc(C(F)(F)F)c1. The number of rotatable bonds is 2. The summed E-state index contributed by atoms with van der Waals surface area (Å²) in [5, 5.41) is 3.01. The molecular weight excluding hydrogens is 326 g/mol. The molecule has 110 valence electrons. The Bertz CT molecular complexity index is 686. The molecule has 0 aliphatic rings. The van der Waals surface area contributed by atoms with Crippen molar-refractivity contribution in [2.75, 3.05) is 5.32 Å². The molecule has 1 N–H and O–H groups in total. The van der Waals surface area contributed by atoms with Crippen LogP contribution in [-0.2, 0) is 6.18 Å². The zero-order valence-corrected chi connectivity index (χ0v) is 11.9. The number of carbonyl (C=O) groups is 1. The Kier molecular flexibility index (Phi) is 4.44. The summed E-state index contributed by atoms with van der Waals surface area (Å²) in [6.45, 7) is 0. The lowest BCUT2D eigenvalue weighted by molar-refractivity contribution is -0.137. The number of nitrogens with one attached hydrogen (secondary N) is 1. The van der Waals surface area contributed by atoms with Gasteiger partial charge in [-0.2, -0.15) is 13.2 Å². The van der Waals surface area contributed by atoms with Crippen molar-refractivity contribution in [1.82, 2.24) is 0 Å². The van der Waals surface area contributed by atoms with Crippen LogP contribution in [0.1, 0.15) is 15.9 Å². The summed E-state index contributed by atoms with van der Waals surface area (Å²) in [6.07, 6.45) is -4.51. The molecule has 0 aliphatic carbocycles. The topological polar surface area (TPSA) is 29.1 Å². The number of amides is 1. The van der Waals surface area contributed by atoms with E-state index >= 15 is 0 Å². The Morgan fingerprint density at radius 2 is 1.76 bits per heavy atom. The Morgan fingerprint density at radius 1 is 1.05 bits per heavy atom. The molecule has 0 saturated carbocycles. The zero-order chi connectivity index (χ0) is 15.6. The van der Waals surface area contributed by atoms with Gasteiger partial charge in [0.1, 0.15) is 0 Å². The van der Waals surface area contributed by atoms with Crippen molar-refractivity contribution in [2.45, 2.75) is 6.18 Å². The summed E-state index contributed by atoms with van der Waals surface area (Å²) in [5.41, 5.74) is -0.792. The first-order chi connectivity index (χ1) is 9.77. The molecule has 0 spiro atoms. The summed E-state index contributed by atoms with van der Waals surface area (Å²) in [4.78, 5) is 12.0. The molecule has 0 unspecified atom stereocenters. The normalized spacial score (nSPS) is 11.3. The van der Waals surface area contributed by atoms with Crippen molar-refractivity contribution in [2.24, 2.45) is 0 Å². The average Bonchev–Trinajstić information content (AvgIpc) is 2.42. The first-order valence-electron chi connectivity index (χ1n) is 5.71. The molecule has 0 aliphatic heterocycles. The van der Waals surface area contributed by atoms with E-state index in [9.17, 15) is 18.0 Å². The van der Waals surface area contributed by atoms with Crippen LogP contribution in [0.15, 0.2) is 42.5 Å². The first-order valence-corrected chi connectivity index (χ1v) is 6.46. The summed E-state index contributed by atoms with van der Waals surface area (Å²) in [5.74, 6) is -0.703. The molecule has 0 fully saturated rings. The van der Waals surface area contributed by atoms with Crippen molar-refractivity contribution < 1.29 is 18.0 Å². The molecule has 0 radical (unpaired) electrons. The standard InChI is InChI=1S/C14H8Cl2F3NO/c15-10-4-5-11(16)12(7-10)20-13(21)8-2-1-3-9(6-8)14(17,18)19/h1-7H,(H,20,21). The highest BCUT2D eigenvalue weighted by Crippen LogP contribution is 2.30. The molecule has 21 heavy (non-hydrogen) atoms. The van der Waals surface area contributed by atoms with Gasteiger partial charge in [0.15, 0.2) is 0 Å². The van der Waals surface area contributed by atoms with Gasteiger partial charge in [-0.1, -0.05) is 29.3 Å². The van der Waals surface area contributed by atoms with Crippen molar-refractivity contribution in [3.63, 3.8) is 0 Å². The molecule has 7 heteroatoms. The maximum Gasteiger partial charge on any atom is 0.416 e. The number of hydrogen-bond donors (Lipinski definition) is 1. The number of carbonyl (C=O) groups excluding carboxylic acids is 1. The van der Waals surface area contributed by atoms with Crippen LogP contribution >= 0.6 is 23.2 Å². The van der Waals surface area contributed by atoms with Crippen molar-refractivity contribution in [3.05, 3.63) is 63.6 Å². The zero-order valence-electron chi connectivity index (χ0n) is 10.3. The highest BCUT2D eigenvalue weighted by atomic mass is 35.5. The quantitative estimate of drug-likeness (QED) is 0.797. The van der Waals surface area contributed by atoms with Crippen LogP contribution in [0.5, 0.6) is 0 Å². The monoisotopic (exact) mass is 333 g/mol. The Hall–Kier alpha value is -1.72. The van der Waals surface area contributed by atoms with Crippen LogP contribution < -0.4 is 5.32 Å². The van der Waals surface area contributed by atoms with Gasteiger partial charge in [-0.15, -0.1) is 0 Å². The number of alkyl halides is 3. The molecule has 0 aromatic heterocycles. The summed E-state index contributed by atoms with van der Waals surface area (Å²) >= 11 is 11.7. The van der Waals surface area contributed by atoms with E-state index < -0.39 is 17.6 Å². The summed E-state index contributed by atoms with van der Waals surface area (Å²) < 4.78 is 37.8. The molecule has 0 saturated heterocycles. The van der Waals surface area contributed by atoms with E-state index in [1.807, 2.05) is 0 Å². The molecule has 1 amide bonds. The van der Waals surface area contributed by atoms with Crippen molar-refractivity contribution >= 4 is 34.8 Å². The van der Waals surface area contributed by atoms with E-state index in [4.69, 9.17) is 23.2 Å². The summed E-state index contributed by atoms with van der Waals surface area (Å²) in [6, 6.07) is 8.53. The minimum Gasteiger partial charge on any atom is -0.321 e. The maximum absolute atomic E-state index is 12.6. The predicted molar refractivity (Wildman–Crippen MR) is 75.9 cm³/mol. The van der Waals surface area contributed by atoms with Crippen LogP contribution in [0, 0.1) is 0 Å². The Balaban J connectivity index is 2.27. The Labute approximate surface area is 128 Å². The van der Waals surface area contributed by atoms with Crippen molar-refractivity contribution in [3.8, 4) is 0 Å². The highest BCUT2D eigenvalue weighted by Gasteiger charge is 2.30. The lowest BCUT2D eigenvalue weighted by Crippen LogP contribution is -2.14. The third-order valence-electron chi connectivity index (χ3n) is 2.63. The van der Waals surface area contributed by atoms with Gasteiger partial charge in [0.2, 0.25) is 0 Å². The first kappa shape index (κ1) is 15.7. The predicted octanol–water partition coefficient (Wildman–Crippen LogP) is 5.26. The van der Waals surface area contributed by atoms with E-state index in [-0.39, 0.29) is 16.3 Å². The average molecular weight is 334 g/mol. The largest absolute Gasteiger partial charge is 0.416 e. The summed E-state index contributed by atoms with van der Waals surface area (Å²) in [7, 11) is 0. The molecule has 2 nitrogen and oxygen atoms in total. The fourth-order valence-corrected chi connectivity index (χ4v) is 1.96. The van der Waals surface area contributed by atoms with E-state index in [1.54, 1.807) is 0 Å². The van der Waals surface area contributed by atoms with Crippen LogP contribution in [0.25, 0.3) is 0 Å². The fraction of sp³-hybridized carbons (Fsp3) is 0.0714. The van der Waals surface area contributed by atoms with Gasteiger partial charge in [0.05, 0.1) is 16.3 Å². The molecule has 2 rings (SSSR count).